The number of allylic oxidation sites excluding steroid dienone is 2. The molecule has 2 aromatic heterocycles. The third kappa shape index (κ3) is 9.36. The van der Waals surface area contributed by atoms with E-state index in [4.69, 9.17) is 9.47 Å². The molecule has 0 amide bonds. The minimum absolute atomic E-state index is 0.0269. The van der Waals surface area contributed by atoms with Crippen LogP contribution in [0.25, 0.3) is 22.3 Å². The Kier molecular flexibility index (Phi) is 13.5. The van der Waals surface area contributed by atoms with Crippen molar-refractivity contribution in [3.8, 4) is 17.1 Å². The fourth-order valence-electron chi connectivity index (χ4n) is 6.44. The zero-order valence-electron chi connectivity index (χ0n) is 32.7. The summed E-state index contributed by atoms with van der Waals surface area (Å²) in [4.78, 5) is 19.0. The highest BCUT2D eigenvalue weighted by Crippen LogP contribution is 2.41. The summed E-state index contributed by atoms with van der Waals surface area (Å²) < 4.78 is 87.2. The highest BCUT2D eigenvalue weighted by Gasteiger charge is 2.48. The molecule has 0 saturated heterocycles. The Morgan fingerprint density at radius 3 is 2.64 bits per heavy atom. The maximum Gasteiger partial charge on any atom is 0.305 e. The van der Waals surface area contributed by atoms with Crippen molar-refractivity contribution in [2.45, 2.75) is 68.9 Å². The Labute approximate surface area is 352 Å². The van der Waals surface area contributed by atoms with Crippen LogP contribution in [-0.4, -0.2) is 60.6 Å². The number of aryl methyl sites for hydroxylation is 1. The number of carbonyl (C=O) groups is 1. The average Bonchev–Trinajstić information content (AvgIpc) is 3.86. The Bertz CT molecular complexity index is 2510. The van der Waals surface area contributed by atoms with Crippen molar-refractivity contribution in [1.29, 1.82) is 0 Å². The minimum Gasteiger partial charge on any atom is -0.469 e. The van der Waals surface area contributed by atoms with Gasteiger partial charge in [-0.25, -0.2) is 35.1 Å². The lowest BCUT2D eigenvalue weighted by atomic mass is 9.99. The van der Waals surface area contributed by atoms with Gasteiger partial charge in [-0.05, 0) is 118 Å². The maximum absolute atomic E-state index is 16.6. The number of halogens is 3. The quantitative estimate of drug-likeness (QED) is 0.0740. The van der Waals surface area contributed by atoms with Crippen LogP contribution < -0.4 is 9.46 Å². The number of aromatic nitrogens is 3. The molecule has 1 aliphatic carbocycles. The van der Waals surface area contributed by atoms with Crippen LogP contribution in [0.2, 0.25) is 0 Å². The van der Waals surface area contributed by atoms with Gasteiger partial charge in [-0.2, -0.15) is 11.8 Å². The number of benzene rings is 3. The molecule has 0 bridgehead atoms. The molecular weight excluding hydrogens is 871 g/mol. The number of fused-ring (bicyclic) bond motifs is 1. The Morgan fingerprint density at radius 1 is 1.12 bits per heavy atom. The fraction of sp³-hybridized carbons (Fsp3) is 0.333. The molecule has 0 spiro atoms. The van der Waals surface area contributed by atoms with Gasteiger partial charge in [0.2, 0.25) is 0 Å². The molecule has 58 heavy (non-hydrogen) atoms. The number of nitrogens with zero attached hydrogens (tertiary/aromatic N) is 2. The molecule has 5 aromatic rings. The topological polar surface area (TPSA) is 132 Å². The lowest BCUT2D eigenvalue weighted by molar-refractivity contribution is -0.140. The third-order valence-electron chi connectivity index (χ3n) is 9.78. The number of hydrogen-bond donors (Lipinski definition) is 2. The zero-order valence-corrected chi connectivity index (χ0v) is 36.7. The molecule has 3 atom stereocenters. The third-order valence-corrected chi connectivity index (χ3v) is 15.2. The van der Waals surface area contributed by atoms with E-state index in [1.54, 1.807) is 36.0 Å². The summed E-state index contributed by atoms with van der Waals surface area (Å²) in [5.74, 6) is -0.406. The second-order valence-electron chi connectivity index (χ2n) is 14.9. The largest absolute Gasteiger partial charge is 0.469 e. The monoisotopic (exact) mass is 914 g/mol. The molecular formula is C42H45BrF2N4O6S3. The average molecular weight is 916 g/mol. The van der Waals surface area contributed by atoms with Crippen molar-refractivity contribution in [3.05, 3.63) is 130 Å². The number of thioether (sulfide) groups is 1. The smallest absolute Gasteiger partial charge is 0.305 e. The molecule has 0 radical (unpaired) electrons. The van der Waals surface area contributed by atoms with E-state index in [0.29, 0.717) is 30.5 Å². The fourth-order valence-corrected chi connectivity index (χ4v) is 10.3. The molecule has 10 nitrogen and oxygen atoms in total. The molecule has 16 heteroatoms. The molecule has 0 fully saturated rings. The highest BCUT2D eigenvalue weighted by atomic mass is 79.9. The van der Waals surface area contributed by atoms with Gasteiger partial charge in [0.15, 0.2) is 11.6 Å². The number of aromatic amines is 1. The normalized spacial score (nSPS) is 17.1. The summed E-state index contributed by atoms with van der Waals surface area (Å²) in [6.07, 6.45) is 7.50. The molecule has 1 unspecified atom stereocenters. The molecule has 6 rings (SSSR count). The van der Waals surface area contributed by atoms with E-state index in [2.05, 4.69) is 30.6 Å². The van der Waals surface area contributed by atoms with Crippen molar-refractivity contribution in [3.63, 3.8) is 0 Å². The lowest BCUT2D eigenvalue weighted by Gasteiger charge is -2.30. The van der Waals surface area contributed by atoms with Crippen LogP contribution in [-0.2, 0) is 37.0 Å². The number of methoxy groups -OCH3 is 1. The van der Waals surface area contributed by atoms with Crippen molar-refractivity contribution < 1.29 is 35.7 Å². The van der Waals surface area contributed by atoms with Crippen molar-refractivity contribution in [2.24, 2.45) is 0 Å². The molecule has 2 heterocycles. The SMILES string of the molecule is COC(=O)CCCSCCc1cccc2c1ccn2S(=O)(=O)C1(C)CC=CC(Oc2ccc(F)c(-c3ncc([C@H](N[S@](=O)C(C)(C)C)c4cccc(Br)c4)[nH]3)c2)=C1F. The van der Waals surface area contributed by atoms with Gasteiger partial charge in [0.1, 0.15) is 22.1 Å². The Morgan fingerprint density at radius 2 is 1.90 bits per heavy atom. The van der Waals surface area contributed by atoms with E-state index < -0.39 is 48.2 Å². The predicted octanol–water partition coefficient (Wildman–Crippen LogP) is 9.46. The molecule has 0 aliphatic heterocycles. The van der Waals surface area contributed by atoms with Gasteiger partial charge >= 0.3 is 5.97 Å². The first-order valence-electron chi connectivity index (χ1n) is 18.5. The summed E-state index contributed by atoms with van der Waals surface area (Å²) >= 11 is 5.20. The van der Waals surface area contributed by atoms with E-state index in [0.717, 1.165) is 42.5 Å². The number of H-pyrrole nitrogens is 1. The Balaban J connectivity index is 1.23. The maximum atomic E-state index is 16.6. The second-order valence-corrected chi connectivity index (χ2v) is 21.3. The van der Waals surface area contributed by atoms with E-state index in [1.807, 2.05) is 51.1 Å². The zero-order chi connectivity index (χ0) is 41.8. The number of esters is 1. The minimum atomic E-state index is -4.39. The van der Waals surface area contributed by atoms with E-state index in [-0.39, 0.29) is 35.3 Å². The van der Waals surface area contributed by atoms with Gasteiger partial charge in [-0.1, -0.05) is 46.3 Å². The number of carbonyl (C=O) groups excluding carboxylic acids is 1. The van der Waals surface area contributed by atoms with Crippen molar-refractivity contribution in [2.75, 3.05) is 18.6 Å². The van der Waals surface area contributed by atoms with Crippen LogP contribution in [0, 0.1) is 5.82 Å². The van der Waals surface area contributed by atoms with Crippen LogP contribution >= 0.6 is 27.7 Å². The van der Waals surface area contributed by atoms with Gasteiger partial charge in [-0.15, -0.1) is 0 Å². The number of imidazole rings is 1. The first kappa shape index (κ1) is 43.5. The first-order valence-corrected chi connectivity index (χ1v) is 23.1. The van der Waals surface area contributed by atoms with E-state index in [9.17, 15) is 17.4 Å². The number of nitrogens with one attached hydrogen (secondary N) is 2. The number of hydrogen-bond acceptors (Lipinski definition) is 8. The van der Waals surface area contributed by atoms with E-state index >= 15 is 8.78 Å². The number of rotatable bonds is 16. The molecule has 2 N–H and O–H groups in total. The lowest BCUT2D eigenvalue weighted by Crippen LogP contribution is -2.41. The van der Waals surface area contributed by atoms with Gasteiger partial charge in [0.05, 0.1) is 51.9 Å². The predicted molar refractivity (Wildman–Crippen MR) is 230 cm³/mol. The number of ether oxygens (including phenoxy) is 2. The van der Waals surface area contributed by atoms with Crippen LogP contribution in [0.5, 0.6) is 5.75 Å². The summed E-state index contributed by atoms with van der Waals surface area (Å²) in [7, 11) is -4.49. The van der Waals surface area contributed by atoms with Crippen molar-refractivity contribution in [1.82, 2.24) is 18.7 Å². The summed E-state index contributed by atoms with van der Waals surface area (Å²) in [6, 6.07) is 17.9. The van der Waals surface area contributed by atoms with Crippen LogP contribution in [0.15, 0.2) is 107 Å². The van der Waals surface area contributed by atoms with Gasteiger partial charge in [0.25, 0.3) is 10.0 Å². The summed E-state index contributed by atoms with van der Waals surface area (Å²) in [5, 5.41) is 0.748. The van der Waals surface area contributed by atoms with Crippen LogP contribution in [0.3, 0.4) is 0 Å². The summed E-state index contributed by atoms with van der Waals surface area (Å²) in [6.45, 7) is 6.89. The second kappa shape index (κ2) is 18.0. The van der Waals surface area contributed by atoms with Gasteiger partial charge < -0.3 is 14.5 Å². The van der Waals surface area contributed by atoms with Gasteiger partial charge in [-0.3, -0.25) is 4.79 Å². The molecule has 308 valence electrons. The Hall–Kier alpha value is -4.09. The highest BCUT2D eigenvalue weighted by molar-refractivity contribution is 9.10. The van der Waals surface area contributed by atoms with Gasteiger partial charge in [0, 0.05) is 22.5 Å². The summed E-state index contributed by atoms with van der Waals surface area (Å²) in [5.41, 5.74) is 2.73. The van der Waals surface area contributed by atoms with Crippen molar-refractivity contribution >= 4 is 65.6 Å². The molecule has 0 saturated carbocycles. The van der Waals surface area contributed by atoms with Crippen LogP contribution in [0.4, 0.5) is 8.78 Å². The van der Waals surface area contributed by atoms with Crippen LogP contribution in [0.1, 0.15) is 69.8 Å². The van der Waals surface area contributed by atoms with E-state index in [1.165, 1.54) is 44.6 Å². The first-order chi connectivity index (χ1) is 27.5. The molecule has 3 aromatic carbocycles. The molecule has 1 aliphatic rings. The standard InChI is InChI=1S/C42H45BrF2N4O6S3/c1-41(2,3)57(51)48-38(28-11-6-12-29(43)24-28)34-26-46-40(47-34)32-25-30(16-17-33(32)44)55-36-14-8-20-42(4,39(36)45)58(52,53)49-21-18-31-27(10-7-13-35(31)49)19-23-56-22-9-15-37(50)54-5/h6-8,10-14,16-18,21,24-26,38,48H,9,15,19-20,22-23H2,1-5H3,(H,46,47)/t38-,42?,57-/m1/s1.